The third kappa shape index (κ3) is 3.73. The maximum atomic E-state index is 5.38. The van der Waals surface area contributed by atoms with Crippen LogP contribution >= 0.6 is 11.3 Å². The van der Waals surface area contributed by atoms with E-state index in [-0.39, 0.29) is 0 Å². The van der Waals surface area contributed by atoms with Crippen LogP contribution in [0.3, 0.4) is 0 Å². The molecule has 228 valence electrons. The Hall–Kier alpha value is -6.30. The second-order valence-electron chi connectivity index (χ2n) is 12.6. The van der Waals surface area contributed by atoms with Gasteiger partial charge in [0.1, 0.15) is 0 Å². The summed E-state index contributed by atoms with van der Waals surface area (Å²) >= 11 is 1.87. The van der Waals surface area contributed by atoms with Crippen molar-refractivity contribution in [1.82, 2.24) is 19.1 Å². The van der Waals surface area contributed by atoms with Crippen molar-refractivity contribution in [3.63, 3.8) is 0 Å². The topological polar surface area (TPSA) is 35.6 Å². The van der Waals surface area contributed by atoms with Crippen LogP contribution in [0.2, 0.25) is 0 Å². The molecule has 0 aliphatic carbocycles. The zero-order valence-corrected chi connectivity index (χ0v) is 27.0. The Balaban J connectivity index is 1.36. The first-order valence-corrected chi connectivity index (χ1v) is 17.3. The molecule has 0 fully saturated rings. The van der Waals surface area contributed by atoms with Gasteiger partial charge >= 0.3 is 0 Å². The second-order valence-corrected chi connectivity index (χ2v) is 13.6. The molecule has 0 aliphatic heterocycles. The number of para-hydroxylation sites is 3. The van der Waals surface area contributed by atoms with Crippen LogP contribution in [0, 0.1) is 0 Å². The molecule has 4 heterocycles. The summed E-state index contributed by atoms with van der Waals surface area (Å²) in [6.45, 7) is 0. The fourth-order valence-corrected chi connectivity index (χ4v) is 9.13. The Morgan fingerprint density at radius 2 is 1.04 bits per heavy atom. The zero-order chi connectivity index (χ0) is 32.1. The lowest BCUT2D eigenvalue weighted by Gasteiger charge is -2.12. The van der Waals surface area contributed by atoms with Crippen molar-refractivity contribution in [2.45, 2.75) is 0 Å². The predicted octanol–water partition coefficient (Wildman–Crippen LogP) is 11.9. The average molecular weight is 643 g/mol. The number of fused-ring (bicyclic) bond motifs is 12. The standard InChI is InChI=1S/C44H26N4S/c1-3-13-27(14-4-1)42-31-18-7-10-20-33(31)45-44(46-42)48-36-26-25-35-39(32-19-8-11-21-34(32)47(35)28-15-5-2-6-16-28)40(36)41-37(48)24-23-30-29-17-9-12-22-38(29)49-43(30)41/h1-26H. The van der Waals surface area contributed by atoms with Gasteiger partial charge < -0.3 is 4.57 Å². The van der Waals surface area contributed by atoms with Crippen molar-refractivity contribution in [3.8, 4) is 22.9 Å². The summed E-state index contributed by atoms with van der Waals surface area (Å²) in [7, 11) is 0. The minimum absolute atomic E-state index is 0.671. The van der Waals surface area contributed by atoms with Gasteiger partial charge in [0, 0.05) is 58.4 Å². The maximum Gasteiger partial charge on any atom is 0.235 e. The molecule has 0 amide bonds. The monoisotopic (exact) mass is 642 g/mol. The van der Waals surface area contributed by atoms with E-state index >= 15 is 0 Å². The van der Waals surface area contributed by atoms with Gasteiger partial charge in [0.05, 0.1) is 33.3 Å². The first kappa shape index (κ1) is 26.7. The Morgan fingerprint density at radius 1 is 0.408 bits per heavy atom. The molecule has 7 aromatic carbocycles. The molecule has 0 saturated carbocycles. The van der Waals surface area contributed by atoms with E-state index in [1.165, 1.54) is 52.8 Å². The van der Waals surface area contributed by atoms with Gasteiger partial charge in [-0.1, -0.05) is 109 Å². The Labute approximate surface area is 284 Å². The Bertz CT molecular complexity index is 3100. The van der Waals surface area contributed by atoms with Crippen molar-refractivity contribution in [2.75, 3.05) is 0 Å². The van der Waals surface area contributed by atoms with E-state index in [0.29, 0.717) is 5.95 Å². The molecule has 4 aromatic heterocycles. The van der Waals surface area contributed by atoms with Gasteiger partial charge in [-0.3, -0.25) is 4.57 Å². The van der Waals surface area contributed by atoms with E-state index in [2.05, 4.69) is 161 Å². The number of rotatable bonds is 3. The highest BCUT2D eigenvalue weighted by atomic mass is 32.1. The average Bonchev–Trinajstić information content (AvgIpc) is 3.82. The van der Waals surface area contributed by atoms with E-state index in [9.17, 15) is 0 Å². The van der Waals surface area contributed by atoms with Crippen molar-refractivity contribution in [2.24, 2.45) is 0 Å². The van der Waals surface area contributed by atoms with Crippen LogP contribution in [0.15, 0.2) is 158 Å². The highest BCUT2D eigenvalue weighted by molar-refractivity contribution is 7.26. The molecule has 0 radical (unpaired) electrons. The first-order chi connectivity index (χ1) is 24.3. The fourth-order valence-electron chi connectivity index (χ4n) is 7.88. The summed E-state index contributed by atoms with van der Waals surface area (Å²) in [4.78, 5) is 10.7. The molecule has 5 heteroatoms. The fraction of sp³-hybridized carbons (Fsp3) is 0. The molecule has 0 N–H and O–H groups in total. The predicted molar refractivity (Wildman–Crippen MR) is 207 cm³/mol. The number of nitrogens with zero attached hydrogens (tertiary/aromatic N) is 4. The van der Waals surface area contributed by atoms with Crippen LogP contribution in [0.5, 0.6) is 0 Å². The maximum absolute atomic E-state index is 5.38. The molecule has 0 spiro atoms. The van der Waals surface area contributed by atoms with Gasteiger partial charge in [-0.25, -0.2) is 9.97 Å². The number of thiophene rings is 1. The second kappa shape index (κ2) is 10.1. The van der Waals surface area contributed by atoms with E-state index < -0.39 is 0 Å². The Morgan fingerprint density at radius 3 is 1.88 bits per heavy atom. The molecule has 0 atom stereocenters. The summed E-state index contributed by atoms with van der Waals surface area (Å²) in [6.07, 6.45) is 0. The molecular formula is C44H26N4S. The molecule has 4 nitrogen and oxygen atoms in total. The van der Waals surface area contributed by atoms with Crippen LogP contribution in [0.1, 0.15) is 0 Å². The highest BCUT2D eigenvalue weighted by Crippen LogP contribution is 2.47. The number of aromatic nitrogens is 4. The summed E-state index contributed by atoms with van der Waals surface area (Å²) in [5, 5.41) is 8.56. The molecule has 0 saturated heterocycles. The minimum atomic E-state index is 0.671. The van der Waals surface area contributed by atoms with Gasteiger partial charge in [0.25, 0.3) is 0 Å². The van der Waals surface area contributed by atoms with Gasteiger partial charge in [-0.05, 0) is 48.5 Å². The van der Waals surface area contributed by atoms with E-state index in [1.807, 2.05) is 17.4 Å². The van der Waals surface area contributed by atoms with Crippen molar-refractivity contribution >= 4 is 86.0 Å². The van der Waals surface area contributed by atoms with Crippen LogP contribution in [-0.2, 0) is 0 Å². The molecule has 11 rings (SSSR count). The SMILES string of the molecule is c1ccc(-c2nc(-n3c4ccc5c6ccccc6sc5c4c4c5c6ccccc6n(-c6ccccc6)c5ccc43)nc3ccccc23)cc1. The quantitative estimate of drug-likeness (QED) is 0.192. The smallest absolute Gasteiger partial charge is 0.235 e. The number of benzene rings is 7. The third-order valence-corrected chi connectivity index (χ3v) is 11.1. The summed E-state index contributed by atoms with van der Waals surface area (Å²) < 4.78 is 7.27. The van der Waals surface area contributed by atoms with Gasteiger partial charge in [-0.15, -0.1) is 11.3 Å². The first-order valence-electron chi connectivity index (χ1n) is 16.5. The van der Waals surface area contributed by atoms with Gasteiger partial charge in [-0.2, -0.15) is 0 Å². The lowest BCUT2D eigenvalue weighted by molar-refractivity contribution is 1.01. The number of hydrogen-bond donors (Lipinski definition) is 0. The Kier molecular flexibility index (Phi) is 5.51. The number of hydrogen-bond acceptors (Lipinski definition) is 3. The van der Waals surface area contributed by atoms with Gasteiger partial charge in [0.2, 0.25) is 5.95 Å². The molecule has 0 bridgehead atoms. The van der Waals surface area contributed by atoms with Crippen LogP contribution in [-0.4, -0.2) is 19.1 Å². The molecule has 11 aromatic rings. The minimum Gasteiger partial charge on any atom is -0.309 e. The summed E-state index contributed by atoms with van der Waals surface area (Å²) in [5.74, 6) is 0.671. The normalized spacial score (nSPS) is 12.1. The third-order valence-electron chi connectivity index (χ3n) is 9.93. The van der Waals surface area contributed by atoms with Crippen LogP contribution in [0.4, 0.5) is 0 Å². The van der Waals surface area contributed by atoms with Crippen molar-refractivity contribution in [1.29, 1.82) is 0 Å². The molecule has 0 aliphatic rings. The molecule has 49 heavy (non-hydrogen) atoms. The van der Waals surface area contributed by atoms with E-state index in [1.54, 1.807) is 0 Å². The van der Waals surface area contributed by atoms with Crippen LogP contribution in [0.25, 0.3) is 97.6 Å². The lowest BCUT2D eigenvalue weighted by Crippen LogP contribution is -2.03. The highest BCUT2D eigenvalue weighted by Gasteiger charge is 2.24. The van der Waals surface area contributed by atoms with E-state index in [4.69, 9.17) is 9.97 Å². The van der Waals surface area contributed by atoms with Gasteiger partial charge in [0.15, 0.2) is 0 Å². The van der Waals surface area contributed by atoms with Crippen molar-refractivity contribution in [3.05, 3.63) is 158 Å². The lowest BCUT2D eigenvalue weighted by atomic mass is 10.0. The van der Waals surface area contributed by atoms with E-state index in [0.717, 1.165) is 38.9 Å². The van der Waals surface area contributed by atoms with Crippen LogP contribution < -0.4 is 0 Å². The summed E-state index contributed by atoms with van der Waals surface area (Å²) in [6, 6.07) is 56.2. The summed E-state index contributed by atoms with van der Waals surface area (Å²) in [5.41, 5.74) is 8.64. The molecule has 0 unspecified atom stereocenters. The van der Waals surface area contributed by atoms with Crippen molar-refractivity contribution < 1.29 is 0 Å². The molecular weight excluding hydrogens is 617 g/mol. The largest absolute Gasteiger partial charge is 0.309 e. The zero-order valence-electron chi connectivity index (χ0n) is 26.2.